The van der Waals surface area contributed by atoms with Gasteiger partial charge in [0.15, 0.2) is 6.26 Å². The van der Waals surface area contributed by atoms with Crippen LogP contribution in [0.5, 0.6) is 0 Å². The maximum atomic E-state index is 4.40. The molecule has 1 radical (unpaired) electrons. The van der Waals surface area contributed by atoms with E-state index < -0.39 is 0 Å². The standard InChI is InChI=1S/C2HO2S/c1-2-4-5-3-1/h1H. The monoisotopic (exact) mass is 89.0 g/mol. The summed E-state index contributed by atoms with van der Waals surface area (Å²) >= 11 is 0.907. The van der Waals surface area contributed by atoms with Crippen LogP contribution in [0, 0.1) is 6.26 Å². The molecule has 0 bridgehead atoms. The SMILES string of the molecule is [C]1=COSO1. The highest BCUT2D eigenvalue weighted by Crippen LogP contribution is 2.10. The fourth-order valence-corrected chi connectivity index (χ4v) is 0.295. The van der Waals surface area contributed by atoms with Gasteiger partial charge in [-0.05, 0) is 0 Å². The molecule has 0 aromatic rings. The van der Waals surface area contributed by atoms with Crippen LogP contribution in [-0.2, 0) is 8.37 Å². The van der Waals surface area contributed by atoms with Crippen LogP contribution in [0.25, 0.3) is 0 Å². The second kappa shape index (κ2) is 1.21. The molecule has 0 N–H and O–H groups in total. The minimum atomic E-state index is 0.907. The van der Waals surface area contributed by atoms with Crippen molar-refractivity contribution in [2.45, 2.75) is 0 Å². The molecule has 0 unspecified atom stereocenters. The Bertz CT molecular complexity index is 45.6. The lowest BCUT2D eigenvalue weighted by molar-refractivity contribution is 0.519. The van der Waals surface area contributed by atoms with Gasteiger partial charge in [-0.2, -0.15) is 0 Å². The van der Waals surface area contributed by atoms with Crippen molar-refractivity contribution in [3.8, 4) is 0 Å². The van der Waals surface area contributed by atoms with Crippen molar-refractivity contribution < 1.29 is 8.37 Å². The van der Waals surface area contributed by atoms with E-state index >= 15 is 0 Å². The van der Waals surface area contributed by atoms with Crippen LogP contribution < -0.4 is 0 Å². The quantitative estimate of drug-likeness (QED) is 0.410. The molecule has 3 heteroatoms. The Labute approximate surface area is 34.2 Å². The van der Waals surface area contributed by atoms with E-state index in [9.17, 15) is 0 Å². The minimum absolute atomic E-state index is 0.907. The van der Waals surface area contributed by atoms with E-state index in [0.29, 0.717) is 0 Å². The topological polar surface area (TPSA) is 18.5 Å². The second-order valence-electron chi connectivity index (χ2n) is 0.483. The molecule has 1 heterocycles. The third-order valence-electron chi connectivity index (χ3n) is 0.218. The van der Waals surface area contributed by atoms with E-state index in [0.717, 1.165) is 12.3 Å². The summed E-state index contributed by atoms with van der Waals surface area (Å²) in [7, 11) is 0. The molecule has 1 aliphatic heterocycles. The van der Waals surface area contributed by atoms with E-state index in [1.807, 2.05) is 0 Å². The largest absolute Gasteiger partial charge is 0.395 e. The molecule has 1 rings (SSSR count). The molecule has 0 aromatic heterocycles. The van der Waals surface area contributed by atoms with Crippen molar-refractivity contribution in [2.24, 2.45) is 0 Å². The summed E-state index contributed by atoms with van der Waals surface area (Å²) in [5.41, 5.74) is 0. The zero-order valence-corrected chi connectivity index (χ0v) is 3.12. The van der Waals surface area contributed by atoms with E-state index in [4.69, 9.17) is 0 Å². The van der Waals surface area contributed by atoms with Crippen molar-refractivity contribution in [1.82, 2.24) is 0 Å². The van der Waals surface area contributed by atoms with Crippen LogP contribution in [0.15, 0.2) is 6.26 Å². The van der Waals surface area contributed by atoms with E-state index in [-0.39, 0.29) is 0 Å². The fourth-order valence-electron chi connectivity index (χ4n) is 0.0982. The Balaban J connectivity index is 2.32. The molecule has 1 aliphatic rings. The van der Waals surface area contributed by atoms with Gasteiger partial charge < -0.3 is 8.37 Å². The van der Waals surface area contributed by atoms with Gasteiger partial charge in [0.05, 0.1) is 0 Å². The predicted molar refractivity (Wildman–Crippen MR) is 17.6 cm³/mol. The number of hydrogen-bond donors (Lipinski definition) is 0. The summed E-state index contributed by atoms with van der Waals surface area (Å²) in [6.07, 6.45) is 3.69. The smallest absolute Gasteiger partial charge is 0.293 e. The van der Waals surface area contributed by atoms with Crippen LogP contribution in [0.3, 0.4) is 0 Å². The number of hydrogen-bond acceptors (Lipinski definition) is 3. The number of rotatable bonds is 0. The van der Waals surface area contributed by atoms with Crippen LogP contribution in [0.1, 0.15) is 0 Å². The van der Waals surface area contributed by atoms with Crippen LogP contribution in [0.4, 0.5) is 0 Å². The Morgan fingerprint density at radius 3 is 3.00 bits per heavy atom. The summed E-state index contributed by atoms with van der Waals surface area (Å²) in [6, 6.07) is 0. The van der Waals surface area contributed by atoms with E-state index in [1.54, 1.807) is 0 Å². The molecule has 0 atom stereocenters. The summed E-state index contributed by atoms with van der Waals surface area (Å²) < 4.78 is 8.74. The van der Waals surface area contributed by atoms with Gasteiger partial charge in [-0.1, -0.05) is 0 Å². The molecule has 0 aromatic carbocycles. The van der Waals surface area contributed by atoms with Gasteiger partial charge in [-0.3, -0.25) is 0 Å². The average Bonchev–Trinajstić information content (AvgIpc) is 1.76. The van der Waals surface area contributed by atoms with Gasteiger partial charge in [0.2, 0.25) is 6.26 Å². The van der Waals surface area contributed by atoms with Crippen LogP contribution in [-0.4, -0.2) is 0 Å². The third kappa shape index (κ3) is 0.479. The zero-order valence-electron chi connectivity index (χ0n) is 2.30. The summed E-state index contributed by atoms with van der Waals surface area (Å²) in [4.78, 5) is 0. The summed E-state index contributed by atoms with van der Waals surface area (Å²) in [5.74, 6) is 0. The summed E-state index contributed by atoms with van der Waals surface area (Å²) in [5, 5.41) is 0. The molecule has 0 spiro atoms. The van der Waals surface area contributed by atoms with Crippen molar-refractivity contribution >= 4 is 12.3 Å². The normalized spacial score (nSPS) is 17.6. The zero-order chi connectivity index (χ0) is 3.54. The molecular formula is C2HO2S. The van der Waals surface area contributed by atoms with Crippen LogP contribution in [0.2, 0.25) is 0 Å². The molecule has 0 saturated carbocycles. The maximum Gasteiger partial charge on any atom is 0.293 e. The van der Waals surface area contributed by atoms with Crippen molar-refractivity contribution in [2.75, 3.05) is 0 Å². The van der Waals surface area contributed by atoms with Gasteiger partial charge in [0.1, 0.15) is 0 Å². The van der Waals surface area contributed by atoms with E-state index in [2.05, 4.69) is 14.6 Å². The Kier molecular flexibility index (Phi) is 0.705. The highest BCUT2D eigenvalue weighted by atomic mass is 32.2. The predicted octanol–water partition coefficient (Wildman–Crippen LogP) is 0.871. The maximum absolute atomic E-state index is 4.40. The highest BCUT2D eigenvalue weighted by molar-refractivity contribution is 7.90. The van der Waals surface area contributed by atoms with Gasteiger partial charge in [-0.15, -0.1) is 0 Å². The molecule has 0 aliphatic carbocycles. The van der Waals surface area contributed by atoms with E-state index in [1.165, 1.54) is 6.26 Å². The fraction of sp³-hybridized carbons (Fsp3) is 0. The average molecular weight is 89.1 g/mol. The first-order valence-corrected chi connectivity index (χ1v) is 1.73. The molecule has 0 fully saturated rings. The Morgan fingerprint density at radius 2 is 2.80 bits per heavy atom. The second-order valence-corrected chi connectivity index (χ2v) is 0.979. The van der Waals surface area contributed by atoms with Gasteiger partial charge in [-0.25, -0.2) is 0 Å². The Morgan fingerprint density at radius 1 is 1.80 bits per heavy atom. The van der Waals surface area contributed by atoms with Crippen molar-refractivity contribution in [3.63, 3.8) is 0 Å². The summed E-state index contributed by atoms with van der Waals surface area (Å²) in [6.45, 7) is 0. The Hall–Kier alpha value is -0.310. The van der Waals surface area contributed by atoms with Gasteiger partial charge >= 0.3 is 0 Å². The lowest BCUT2D eigenvalue weighted by Crippen LogP contribution is -1.46. The lowest BCUT2D eigenvalue weighted by atomic mass is 11.1. The van der Waals surface area contributed by atoms with Crippen molar-refractivity contribution in [3.05, 3.63) is 12.5 Å². The molecular weight excluding hydrogens is 88.1 g/mol. The van der Waals surface area contributed by atoms with Crippen molar-refractivity contribution in [1.29, 1.82) is 0 Å². The lowest BCUT2D eigenvalue weighted by Gasteiger charge is -1.75. The molecule has 27 valence electrons. The first-order valence-electron chi connectivity index (χ1n) is 1.06. The van der Waals surface area contributed by atoms with Crippen LogP contribution >= 0.6 is 12.3 Å². The first kappa shape index (κ1) is 2.90. The molecule has 5 heavy (non-hydrogen) atoms. The minimum Gasteiger partial charge on any atom is -0.395 e. The molecule has 0 amide bonds. The molecule has 0 saturated heterocycles. The molecule has 2 nitrogen and oxygen atoms in total. The van der Waals surface area contributed by atoms with Gasteiger partial charge in [0.25, 0.3) is 12.3 Å². The first-order chi connectivity index (χ1) is 2.50. The third-order valence-corrected chi connectivity index (χ3v) is 0.557. The van der Waals surface area contributed by atoms with Gasteiger partial charge in [0, 0.05) is 0 Å². The highest BCUT2D eigenvalue weighted by Gasteiger charge is 1.88.